The fraction of sp³-hybridized carbons (Fsp3) is 1.00. The van der Waals surface area contributed by atoms with Gasteiger partial charge >= 0.3 is 0 Å². The minimum atomic E-state index is 0.815. The molecular formula is C14H27N3. The lowest BCUT2D eigenvalue weighted by molar-refractivity contribution is 0.129. The Morgan fingerprint density at radius 1 is 1.06 bits per heavy atom. The second-order valence-electron chi connectivity index (χ2n) is 6.40. The molecule has 0 aromatic rings. The van der Waals surface area contributed by atoms with Gasteiger partial charge in [0.2, 0.25) is 0 Å². The summed E-state index contributed by atoms with van der Waals surface area (Å²) >= 11 is 0. The molecule has 0 aromatic carbocycles. The van der Waals surface area contributed by atoms with Crippen molar-refractivity contribution < 1.29 is 0 Å². The van der Waals surface area contributed by atoms with Crippen molar-refractivity contribution in [3.05, 3.63) is 0 Å². The number of piperazine rings is 1. The largest absolute Gasteiger partial charge is 0.311 e. The number of hydrogen-bond donors (Lipinski definition) is 1. The maximum Gasteiger partial charge on any atom is 0.0223 e. The van der Waals surface area contributed by atoms with Crippen LogP contribution in [0.15, 0.2) is 0 Å². The minimum Gasteiger partial charge on any atom is -0.311 e. The number of nitrogens with zero attached hydrogens (tertiary/aromatic N) is 2. The predicted octanol–water partition coefficient (Wildman–Crippen LogP) is 1.01. The van der Waals surface area contributed by atoms with Gasteiger partial charge in [0.15, 0.2) is 0 Å². The second kappa shape index (κ2) is 5.25. The van der Waals surface area contributed by atoms with E-state index in [1.165, 1.54) is 65.0 Å². The summed E-state index contributed by atoms with van der Waals surface area (Å²) in [5, 5.41) is 3.71. The Labute approximate surface area is 106 Å². The van der Waals surface area contributed by atoms with Gasteiger partial charge in [0.05, 0.1) is 0 Å². The van der Waals surface area contributed by atoms with Crippen LogP contribution in [0.5, 0.6) is 0 Å². The smallest absolute Gasteiger partial charge is 0.0223 e. The molecule has 0 aromatic heterocycles. The molecule has 1 aliphatic carbocycles. The highest BCUT2D eigenvalue weighted by molar-refractivity contribution is 4.91. The molecule has 1 N–H and O–H groups in total. The quantitative estimate of drug-likeness (QED) is 0.790. The van der Waals surface area contributed by atoms with Crippen LogP contribution >= 0.6 is 0 Å². The van der Waals surface area contributed by atoms with Crippen LogP contribution in [0.1, 0.15) is 25.7 Å². The van der Waals surface area contributed by atoms with Gasteiger partial charge in [0, 0.05) is 32.2 Å². The molecule has 98 valence electrons. The van der Waals surface area contributed by atoms with Crippen LogP contribution in [0.4, 0.5) is 0 Å². The number of piperidine rings is 1. The molecule has 3 nitrogen and oxygen atoms in total. The summed E-state index contributed by atoms with van der Waals surface area (Å²) in [6, 6.07) is 0.815. The van der Waals surface area contributed by atoms with Crippen molar-refractivity contribution in [2.75, 3.05) is 46.3 Å². The molecule has 2 saturated heterocycles. The SMILES string of the molecule is CN1CCC(CN2CCNC(C3CC3)C2)CC1. The van der Waals surface area contributed by atoms with Gasteiger partial charge < -0.3 is 15.1 Å². The Morgan fingerprint density at radius 3 is 2.53 bits per heavy atom. The fourth-order valence-electron chi connectivity index (χ4n) is 3.43. The van der Waals surface area contributed by atoms with Crippen LogP contribution in [0, 0.1) is 11.8 Å². The van der Waals surface area contributed by atoms with Gasteiger partial charge in [-0.25, -0.2) is 0 Å². The van der Waals surface area contributed by atoms with Crippen LogP contribution in [0.25, 0.3) is 0 Å². The Balaban J connectivity index is 1.44. The summed E-state index contributed by atoms with van der Waals surface area (Å²) in [5.41, 5.74) is 0. The van der Waals surface area contributed by atoms with E-state index in [4.69, 9.17) is 0 Å². The van der Waals surface area contributed by atoms with Crippen LogP contribution < -0.4 is 5.32 Å². The van der Waals surface area contributed by atoms with Crippen LogP contribution in [-0.4, -0.2) is 62.2 Å². The highest BCUT2D eigenvalue weighted by Gasteiger charge is 2.34. The molecule has 3 rings (SSSR count). The Hall–Kier alpha value is -0.120. The zero-order valence-corrected chi connectivity index (χ0v) is 11.2. The van der Waals surface area contributed by atoms with E-state index in [9.17, 15) is 0 Å². The highest BCUT2D eigenvalue weighted by Crippen LogP contribution is 2.33. The summed E-state index contributed by atoms with van der Waals surface area (Å²) in [6.07, 6.45) is 5.77. The molecule has 0 radical (unpaired) electrons. The number of likely N-dealkylation sites (tertiary alicyclic amines) is 1. The van der Waals surface area contributed by atoms with Crippen LogP contribution in [0.3, 0.4) is 0 Å². The molecule has 0 bridgehead atoms. The Bertz CT molecular complexity index is 244. The third-order valence-electron chi connectivity index (χ3n) is 4.84. The number of rotatable bonds is 3. The van der Waals surface area contributed by atoms with E-state index in [0.29, 0.717) is 0 Å². The summed E-state index contributed by atoms with van der Waals surface area (Å²) in [6.45, 7) is 7.78. The zero-order chi connectivity index (χ0) is 11.7. The van der Waals surface area contributed by atoms with Gasteiger partial charge in [-0.05, 0) is 57.7 Å². The molecule has 1 atom stereocenters. The summed E-state index contributed by atoms with van der Waals surface area (Å²) < 4.78 is 0. The van der Waals surface area contributed by atoms with Gasteiger partial charge in [0.25, 0.3) is 0 Å². The van der Waals surface area contributed by atoms with Gasteiger partial charge in [-0.15, -0.1) is 0 Å². The van der Waals surface area contributed by atoms with Crippen LogP contribution in [0.2, 0.25) is 0 Å². The van der Waals surface area contributed by atoms with Gasteiger partial charge in [-0.1, -0.05) is 0 Å². The molecule has 0 spiro atoms. The predicted molar refractivity (Wildman–Crippen MR) is 71.2 cm³/mol. The average molecular weight is 237 g/mol. The van der Waals surface area contributed by atoms with Crippen molar-refractivity contribution in [2.24, 2.45) is 11.8 Å². The number of nitrogens with one attached hydrogen (secondary N) is 1. The third-order valence-corrected chi connectivity index (χ3v) is 4.84. The van der Waals surface area contributed by atoms with E-state index in [2.05, 4.69) is 22.2 Å². The lowest BCUT2D eigenvalue weighted by atomic mass is 9.96. The molecule has 3 aliphatic rings. The zero-order valence-electron chi connectivity index (χ0n) is 11.2. The van der Waals surface area contributed by atoms with E-state index in [1.54, 1.807) is 0 Å². The molecular weight excluding hydrogens is 210 g/mol. The van der Waals surface area contributed by atoms with Crippen molar-refractivity contribution in [2.45, 2.75) is 31.7 Å². The third kappa shape index (κ3) is 3.21. The topological polar surface area (TPSA) is 18.5 Å². The van der Waals surface area contributed by atoms with Crippen molar-refractivity contribution in [3.8, 4) is 0 Å². The monoisotopic (exact) mass is 237 g/mol. The molecule has 2 heterocycles. The van der Waals surface area contributed by atoms with Crippen molar-refractivity contribution in [3.63, 3.8) is 0 Å². The molecule has 2 aliphatic heterocycles. The van der Waals surface area contributed by atoms with Crippen molar-refractivity contribution >= 4 is 0 Å². The molecule has 3 fully saturated rings. The molecule has 1 unspecified atom stereocenters. The molecule has 3 heteroatoms. The van der Waals surface area contributed by atoms with Crippen molar-refractivity contribution in [1.82, 2.24) is 15.1 Å². The van der Waals surface area contributed by atoms with E-state index in [-0.39, 0.29) is 0 Å². The summed E-state index contributed by atoms with van der Waals surface area (Å²) in [5.74, 6) is 1.97. The van der Waals surface area contributed by atoms with E-state index < -0.39 is 0 Å². The Kier molecular flexibility index (Phi) is 3.69. The average Bonchev–Trinajstić information content (AvgIpc) is 3.17. The fourth-order valence-corrected chi connectivity index (χ4v) is 3.43. The minimum absolute atomic E-state index is 0.815. The van der Waals surface area contributed by atoms with Gasteiger partial charge in [-0.3, -0.25) is 0 Å². The standard InChI is InChI=1S/C14H27N3/c1-16-7-4-12(5-8-16)10-17-9-6-15-14(11-17)13-2-3-13/h12-15H,2-11H2,1H3. The maximum absolute atomic E-state index is 3.71. The first kappa shape index (κ1) is 11.9. The first-order valence-corrected chi connectivity index (χ1v) is 7.45. The Morgan fingerprint density at radius 2 is 1.82 bits per heavy atom. The second-order valence-corrected chi connectivity index (χ2v) is 6.40. The number of hydrogen-bond acceptors (Lipinski definition) is 3. The lowest BCUT2D eigenvalue weighted by Gasteiger charge is -2.38. The summed E-state index contributed by atoms with van der Waals surface area (Å²) in [4.78, 5) is 5.21. The van der Waals surface area contributed by atoms with E-state index in [0.717, 1.165) is 17.9 Å². The van der Waals surface area contributed by atoms with E-state index in [1.807, 2.05) is 0 Å². The lowest BCUT2D eigenvalue weighted by Crippen LogP contribution is -2.53. The van der Waals surface area contributed by atoms with Crippen molar-refractivity contribution in [1.29, 1.82) is 0 Å². The van der Waals surface area contributed by atoms with Gasteiger partial charge in [-0.2, -0.15) is 0 Å². The summed E-state index contributed by atoms with van der Waals surface area (Å²) in [7, 11) is 2.25. The molecule has 1 saturated carbocycles. The molecule has 0 amide bonds. The molecule has 17 heavy (non-hydrogen) atoms. The first-order valence-electron chi connectivity index (χ1n) is 7.45. The first-order chi connectivity index (χ1) is 8.31. The highest BCUT2D eigenvalue weighted by atomic mass is 15.2. The normalized spacial score (nSPS) is 34.1. The van der Waals surface area contributed by atoms with Gasteiger partial charge in [0.1, 0.15) is 0 Å². The maximum atomic E-state index is 3.71. The van der Waals surface area contributed by atoms with Crippen LogP contribution in [-0.2, 0) is 0 Å². The van der Waals surface area contributed by atoms with E-state index >= 15 is 0 Å².